The molecule has 0 aliphatic heterocycles. The van der Waals surface area contributed by atoms with E-state index in [4.69, 9.17) is 15.7 Å². The Morgan fingerprint density at radius 1 is 1.44 bits per heavy atom. The van der Waals surface area contributed by atoms with Crippen molar-refractivity contribution in [3.05, 3.63) is 0 Å². The first-order valence-corrected chi connectivity index (χ1v) is 6.30. The number of nitrogens with two attached hydrogens (primary N) is 1. The van der Waals surface area contributed by atoms with E-state index >= 15 is 0 Å². The van der Waals surface area contributed by atoms with Gasteiger partial charge in [0.05, 0.1) is 12.5 Å². The first-order valence-electron chi connectivity index (χ1n) is 6.30. The summed E-state index contributed by atoms with van der Waals surface area (Å²) in [6.45, 7) is 6.82. The van der Waals surface area contributed by atoms with E-state index in [2.05, 4.69) is 5.16 Å². The van der Waals surface area contributed by atoms with Crippen LogP contribution >= 0.6 is 0 Å². The molecule has 0 saturated heterocycles. The van der Waals surface area contributed by atoms with E-state index in [9.17, 15) is 4.79 Å². The Morgan fingerprint density at radius 3 is 2.44 bits per heavy atom. The number of rotatable bonds is 8. The van der Waals surface area contributed by atoms with Crippen LogP contribution in [0.3, 0.4) is 0 Å². The summed E-state index contributed by atoms with van der Waals surface area (Å²) in [7, 11) is 1.60. The molecule has 0 bridgehead atoms. The molecule has 0 rings (SSSR count). The zero-order valence-corrected chi connectivity index (χ0v) is 11.7. The largest absolute Gasteiger partial charge is 0.409 e. The average Bonchev–Trinajstić information content (AvgIpc) is 2.39. The number of hydrogen-bond acceptors (Lipinski definition) is 4. The molecule has 0 aliphatic carbocycles. The van der Waals surface area contributed by atoms with Crippen molar-refractivity contribution in [3.8, 4) is 0 Å². The molecule has 6 nitrogen and oxygen atoms in total. The van der Waals surface area contributed by atoms with Gasteiger partial charge < -0.3 is 20.6 Å². The van der Waals surface area contributed by atoms with Crippen LogP contribution in [0.2, 0.25) is 0 Å². The first-order chi connectivity index (χ1) is 8.53. The lowest BCUT2D eigenvalue weighted by Crippen LogP contribution is -2.47. The maximum atomic E-state index is 12.4. The van der Waals surface area contributed by atoms with Gasteiger partial charge in [0.15, 0.2) is 5.84 Å². The molecule has 6 heteroatoms. The molecule has 0 fully saturated rings. The van der Waals surface area contributed by atoms with Crippen LogP contribution in [0.1, 0.15) is 33.6 Å². The van der Waals surface area contributed by atoms with E-state index in [1.54, 1.807) is 12.0 Å². The van der Waals surface area contributed by atoms with Gasteiger partial charge in [0, 0.05) is 19.7 Å². The third-order valence-electron chi connectivity index (χ3n) is 3.12. The molecule has 2 atom stereocenters. The molecule has 0 aromatic carbocycles. The lowest BCUT2D eigenvalue weighted by atomic mass is 10.0. The van der Waals surface area contributed by atoms with Crippen LogP contribution in [0.25, 0.3) is 0 Å². The fourth-order valence-corrected chi connectivity index (χ4v) is 1.74. The second-order valence-corrected chi connectivity index (χ2v) is 4.27. The van der Waals surface area contributed by atoms with Crippen LogP contribution in [-0.4, -0.2) is 48.2 Å². The van der Waals surface area contributed by atoms with Crippen molar-refractivity contribution in [3.63, 3.8) is 0 Å². The quantitative estimate of drug-likeness (QED) is 0.295. The number of nitrogens with zero attached hydrogens (tertiary/aromatic N) is 2. The minimum Gasteiger partial charge on any atom is -0.409 e. The number of amides is 1. The highest BCUT2D eigenvalue weighted by atomic mass is 16.5. The maximum absolute atomic E-state index is 12.4. The molecule has 18 heavy (non-hydrogen) atoms. The van der Waals surface area contributed by atoms with Crippen LogP contribution in [0.4, 0.5) is 0 Å². The van der Waals surface area contributed by atoms with E-state index in [0.29, 0.717) is 19.6 Å². The molecular weight excluding hydrogens is 234 g/mol. The van der Waals surface area contributed by atoms with Gasteiger partial charge in [-0.3, -0.25) is 4.79 Å². The van der Waals surface area contributed by atoms with Gasteiger partial charge in [-0.2, -0.15) is 0 Å². The van der Waals surface area contributed by atoms with Gasteiger partial charge in [0.2, 0.25) is 5.91 Å². The highest BCUT2D eigenvalue weighted by Crippen LogP contribution is 2.13. The Morgan fingerprint density at radius 2 is 2.06 bits per heavy atom. The Hall–Kier alpha value is -1.30. The third kappa shape index (κ3) is 4.52. The number of carbonyl (C=O) groups excluding carboxylic acids is 1. The fraction of sp³-hybridized carbons (Fsp3) is 0.833. The van der Waals surface area contributed by atoms with Crippen molar-refractivity contribution in [2.75, 3.05) is 20.3 Å². The molecule has 1 amide bonds. The smallest absolute Gasteiger partial charge is 0.233 e. The molecule has 0 aromatic rings. The summed E-state index contributed by atoms with van der Waals surface area (Å²) >= 11 is 0. The van der Waals surface area contributed by atoms with Crippen molar-refractivity contribution in [1.82, 2.24) is 4.90 Å². The van der Waals surface area contributed by atoms with Gasteiger partial charge >= 0.3 is 0 Å². The zero-order chi connectivity index (χ0) is 14.1. The topological polar surface area (TPSA) is 88.2 Å². The number of hydrogen-bond donors (Lipinski definition) is 2. The Labute approximate surface area is 109 Å². The van der Waals surface area contributed by atoms with E-state index < -0.39 is 5.92 Å². The number of methoxy groups -OCH3 is 1. The lowest BCUT2D eigenvalue weighted by molar-refractivity contribution is -0.136. The third-order valence-corrected chi connectivity index (χ3v) is 3.12. The number of oxime groups is 1. The maximum Gasteiger partial charge on any atom is 0.233 e. The van der Waals surface area contributed by atoms with Crippen molar-refractivity contribution in [1.29, 1.82) is 0 Å². The number of ether oxygens (including phenoxy) is 1. The van der Waals surface area contributed by atoms with E-state index in [1.165, 1.54) is 0 Å². The van der Waals surface area contributed by atoms with Crippen molar-refractivity contribution >= 4 is 11.7 Å². The summed E-state index contributed by atoms with van der Waals surface area (Å²) in [5.41, 5.74) is 5.56. The predicted octanol–water partition coefficient (Wildman–Crippen LogP) is 1.03. The highest BCUT2D eigenvalue weighted by Gasteiger charge is 2.28. The molecule has 0 radical (unpaired) electrons. The second kappa shape index (κ2) is 8.74. The van der Waals surface area contributed by atoms with E-state index in [-0.39, 0.29) is 17.8 Å². The first kappa shape index (κ1) is 16.7. The number of amidine groups is 1. The minimum absolute atomic E-state index is 0.0341. The van der Waals surface area contributed by atoms with Crippen LogP contribution in [0, 0.1) is 5.92 Å². The molecule has 0 spiro atoms. The summed E-state index contributed by atoms with van der Waals surface area (Å²) in [5.74, 6) is -0.715. The van der Waals surface area contributed by atoms with Gasteiger partial charge in [-0.1, -0.05) is 19.0 Å². The minimum atomic E-state index is -0.569. The number of carbonyl (C=O) groups is 1. The molecule has 0 aromatic heterocycles. The normalized spacial score (nSPS) is 15.2. The zero-order valence-electron chi connectivity index (χ0n) is 11.7. The Balaban J connectivity index is 4.91. The van der Waals surface area contributed by atoms with Gasteiger partial charge in [-0.25, -0.2) is 0 Å². The molecule has 2 unspecified atom stereocenters. The van der Waals surface area contributed by atoms with Crippen molar-refractivity contribution in [2.24, 2.45) is 16.8 Å². The second-order valence-electron chi connectivity index (χ2n) is 4.27. The van der Waals surface area contributed by atoms with Crippen LogP contribution < -0.4 is 5.73 Å². The van der Waals surface area contributed by atoms with Gasteiger partial charge in [-0.15, -0.1) is 0 Å². The van der Waals surface area contributed by atoms with Gasteiger partial charge in [0.25, 0.3) is 0 Å². The predicted molar refractivity (Wildman–Crippen MR) is 70.5 cm³/mol. The lowest BCUT2D eigenvalue weighted by Gasteiger charge is -2.31. The molecule has 0 aliphatic rings. The van der Waals surface area contributed by atoms with Crippen LogP contribution in [0.5, 0.6) is 0 Å². The van der Waals surface area contributed by atoms with E-state index in [0.717, 1.165) is 6.42 Å². The summed E-state index contributed by atoms with van der Waals surface area (Å²) in [6.07, 6.45) is 1.36. The summed E-state index contributed by atoms with van der Waals surface area (Å²) < 4.78 is 5.01. The Kier molecular flexibility index (Phi) is 8.11. The monoisotopic (exact) mass is 259 g/mol. The highest BCUT2D eigenvalue weighted by molar-refractivity contribution is 6.02. The fourth-order valence-electron chi connectivity index (χ4n) is 1.74. The van der Waals surface area contributed by atoms with Crippen LogP contribution in [0.15, 0.2) is 5.16 Å². The van der Waals surface area contributed by atoms with E-state index in [1.807, 2.05) is 20.8 Å². The standard InChI is InChI=1S/C12H25N3O3/c1-5-9(3)15(7-8-18-4)12(16)10(6-2)11(13)14-17/h9-10,17H,5-8H2,1-4H3,(H2,13,14). The van der Waals surface area contributed by atoms with Crippen molar-refractivity contribution < 1.29 is 14.7 Å². The molecule has 106 valence electrons. The average molecular weight is 259 g/mol. The molecule has 0 heterocycles. The van der Waals surface area contributed by atoms with Gasteiger partial charge in [0.1, 0.15) is 0 Å². The summed E-state index contributed by atoms with van der Waals surface area (Å²) in [6, 6.07) is 0.105. The SMILES string of the molecule is CCC(C(=O)N(CCOC)C(C)CC)C(N)=NO. The van der Waals surface area contributed by atoms with Crippen LogP contribution in [-0.2, 0) is 9.53 Å². The molecule has 3 N–H and O–H groups in total. The summed E-state index contributed by atoms with van der Waals surface area (Å²) in [4.78, 5) is 14.1. The van der Waals surface area contributed by atoms with Crippen molar-refractivity contribution in [2.45, 2.75) is 39.7 Å². The molecule has 0 saturated carbocycles. The molecular formula is C12H25N3O3. The van der Waals surface area contributed by atoms with Gasteiger partial charge in [-0.05, 0) is 19.8 Å². The summed E-state index contributed by atoms with van der Waals surface area (Å²) in [5, 5.41) is 11.7. The Bertz CT molecular complexity index is 282.